The SMILES string of the molecule is CC(=O)NC(CSc1ccc(Cl)c(Cl)c1)C(=O)O. The van der Waals surface area contributed by atoms with E-state index in [-0.39, 0.29) is 11.7 Å². The third-order valence-corrected chi connectivity index (χ3v) is 3.81. The molecule has 7 heteroatoms. The van der Waals surface area contributed by atoms with E-state index in [2.05, 4.69) is 5.32 Å². The zero-order valence-electron chi connectivity index (χ0n) is 9.44. The summed E-state index contributed by atoms with van der Waals surface area (Å²) in [4.78, 5) is 22.5. The van der Waals surface area contributed by atoms with Gasteiger partial charge in [-0.2, -0.15) is 0 Å². The summed E-state index contributed by atoms with van der Waals surface area (Å²) in [5.74, 6) is -1.23. The van der Waals surface area contributed by atoms with Crippen LogP contribution in [0, 0.1) is 0 Å². The third-order valence-electron chi connectivity index (χ3n) is 1.98. The highest BCUT2D eigenvalue weighted by atomic mass is 35.5. The van der Waals surface area contributed by atoms with Gasteiger partial charge in [0, 0.05) is 17.6 Å². The normalized spacial score (nSPS) is 11.9. The van der Waals surface area contributed by atoms with Gasteiger partial charge < -0.3 is 10.4 Å². The Morgan fingerprint density at radius 3 is 2.56 bits per heavy atom. The Morgan fingerprint density at radius 2 is 2.06 bits per heavy atom. The van der Waals surface area contributed by atoms with Gasteiger partial charge in [0.1, 0.15) is 6.04 Å². The van der Waals surface area contributed by atoms with E-state index in [1.165, 1.54) is 18.7 Å². The number of benzene rings is 1. The van der Waals surface area contributed by atoms with Crippen LogP contribution in [0.2, 0.25) is 10.0 Å². The molecule has 1 aromatic rings. The lowest BCUT2D eigenvalue weighted by atomic mass is 10.3. The molecule has 0 saturated carbocycles. The highest BCUT2D eigenvalue weighted by molar-refractivity contribution is 7.99. The van der Waals surface area contributed by atoms with Crippen molar-refractivity contribution in [1.82, 2.24) is 5.32 Å². The number of amides is 1. The summed E-state index contributed by atoms with van der Waals surface area (Å²) in [6.07, 6.45) is 0. The molecule has 0 aliphatic heterocycles. The summed E-state index contributed by atoms with van der Waals surface area (Å²) in [5, 5.41) is 12.1. The topological polar surface area (TPSA) is 66.4 Å². The van der Waals surface area contributed by atoms with Crippen molar-refractivity contribution in [3.63, 3.8) is 0 Å². The fourth-order valence-corrected chi connectivity index (χ4v) is 2.48. The van der Waals surface area contributed by atoms with Gasteiger partial charge in [-0.05, 0) is 18.2 Å². The molecule has 1 rings (SSSR count). The average Bonchev–Trinajstić information content (AvgIpc) is 2.28. The lowest BCUT2D eigenvalue weighted by molar-refractivity contribution is -0.140. The van der Waals surface area contributed by atoms with E-state index in [0.717, 1.165) is 4.90 Å². The summed E-state index contributed by atoms with van der Waals surface area (Å²) in [7, 11) is 0. The van der Waals surface area contributed by atoms with Gasteiger partial charge in [0.15, 0.2) is 0 Å². The molecule has 0 aliphatic rings. The number of rotatable bonds is 5. The molecule has 2 N–H and O–H groups in total. The summed E-state index contributed by atoms with van der Waals surface area (Å²) in [6.45, 7) is 1.28. The Balaban J connectivity index is 2.64. The Kier molecular flexibility index (Phi) is 5.78. The van der Waals surface area contributed by atoms with Gasteiger partial charge in [-0.3, -0.25) is 4.79 Å². The second-order valence-corrected chi connectivity index (χ2v) is 5.39. The van der Waals surface area contributed by atoms with Gasteiger partial charge in [0.25, 0.3) is 0 Å². The molecule has 18 heavy (non-hydrogen) atoms. The zero-order valence-corrected chi connectivity index (χ0v) is 11.8. The summed E-state index contributed by atoms with van der Waals surface area (Å²) in [6, 6.07) is 4.11. The zero-order chi connectivity index (χ0) is 13.7. The monoisotopic (exact) mass is 307 g/mol. The minimum atomic E-state index is -1.07. The maximum atomic E-state index is 10.9. The summed E-state index contributed by atoms with van der Waals surface area (Å²) >= 11 is 12.9. The number of aliphatic carboxylic acids is 1. The molecule has 1 aromatic carbocycles. The third kappa shape index (κ3) is 4.76. The maximum absolute atomic E-state index is 10.9. The van der Waals surface area contributed by atoms with Crippen LogP contribution in [0.25, 0.3) is 0 Å². The first kappa shape index (κ1) is 15.1. The molecule has 98 valence electrons. The quantitative estimate of drug-likeness (QED) is 0.821. The second-order valence-electron chi connectivity index (χ2n) is 3.48. The smallest absolute Gasteiger partial charge is 0.327 e. The first-order chi connectivity index (χ1) is 8.40. The number of nitrogens with one attached hydrogen (secondary N) is 1. The van der Waals surface area contributed by atoms with E-state index < -0.39 is 12.0 Å². The van der Waals surface area contributed by atoms with E-state index in [1.54, 1.807) is 18.2 Å². The molecule has 0 saturated heterocycles. The minimum absolute atomic E-state index is 0.215. The number of hydrogen-bond acceptors (Lipinski definition) is 3. The predicted octanol–water partition coefficient (Wildman–Crippen LogP) is 2.67. The van der Waals surface area contributed by atoms with Crippen molar-refractivity contribution in [3.05, 3.63) is 28.2 Å². The number of carbonyl (C=O) groups is 2. The van der Waals surface area contributed by atoms with E-state index in [9.17, 15) is 9.59 Å². The molecule has 0 fully saturated rings. The number of halogens is 2. The van der Waals surface area contributed by atoms with Gasteiger partial charge in [0.05, 0.1) is 10.0 Å². The summed E-state index contributed by atoms with van der Waals surface area (Å²) < 4.78 is 0. The number of carboxylic acid groups (broad SMARTS) is 1. The van der Waals surface area contributed by atoms with E-state index in [1.807, 2.05) is 0 Å². The molecule has 0 aromatic heterocycles. The molecule has 0 radical (unpaired) electrons. The summed E-state index contributed by atoms with van der Waals surface area (Å²) in [5.41, 5.74) is 0. The molecule has 0 aliphatic carbocycles. The molecular weight excluding hydrogens is 297 g/mol. The Hall–Kier alpha value is -0.910. The van der Waals surface area contributed by atoms with Gasteiger partial charge in [0.2, 0.25) is 5.91 Å². The molecule has 1 atom stereocenters. The van der Waals surface area contributed by atoms with Crippen molar-refractivity contribution >= 4 is 46.8 Å². The molecule has 0 bridgehead atoms. The molecule has 0 spiro atoms. The molecule has 0 heterocycles. The van der Waals surface area contributed by atoms with Crippen molar-refractivity contribution in [1.29, 1.82) is 0 Å². The van der Waals surface area contributed by atoms with Crippen LogP contribution in [0.15, 0.2) is 23.1 Å². The Labute approximate surface area is 119 Å². The van der Waals surface area contributed by atoms with Gasteiger partial charge in [-0.1, -0.05) is 23.2 Å². The van der Waals surface area contributed by atoms with Crippen LogP contribution < -0.4 is 5.32 Å². The van der Waals surface area contributed by atoms with Gasteiger partial charge in [-0.25, -0.2) is 4.79 Å². The van der Waals surface area contributed by atoms with E-state index in [4.69, 9.17) is 28.3 Å². The van der Waals surface area contributed by atoms with Crippen molar-refractivity contribution in [2.75, 3.05) is 5.75 Å². The largest absolute Gasteiger partial charge is 0.480 e. The molecular formula is C11H11Cl2NO3S. The first-order valence-electron chi connectivity index (χ1n) is 4.98. The van der Waals surface area contributed by atoms with Crippen molar-refractivity contribution in [2.45, 2.75) is 17.9 Å². The molecule has 4 nitrogen and oxygen atoms in total. The van der Waals surface area contributed by atoms with Crippen LogP contribution in [0.4, 0.5) is 0 Å². The van der Waals surface area contributed by atoms with Crippen LogP contribution in [0.1, 0.15) is 6.92 Å². The van der Waals surface area contributed by atoms with E-state index >= 15 is 0 Å². The van der Waals surface area contributed by atoms with Crippen LogP contribution in [0.5, 0.6) is 0 Å². The van der Waals surface area contributed by atoms with Crippen LogP contribution in [-0.4, -0.2) is 28.8 Å². The van der Waals surface area contributed by atoms with Crippen LogP contribution >= 0.6 is 35.0 Å². The fourth-order valence-electron chi connectivity index (χ4n) is 1.17. The Morgan fingerprint density at radius 1 is 1.39 bits per heavy atom. The predicted molar refractivity (Wildman–Crippen MR) is 72.4 cm³/mol. The van der Waals surface area contributed by atoms with Gasteiger partial charge in [-0.15, -0.1) is 11.8 Å². The lowest BCUT2D eigenvalue weighted by Crippen LogP contribution is -2.41. The van der Waals surface area contributed by atoms with Crippen molar-refractivity contribution in [2.24, 2.45) is 0 Å². The average molecular weight is 308 g/mol. The number of carbonyl (C=O) groups excluding carboxylic acids is 1. The Bertz CT molecular complexity index is 468. The fraction of sp³-hybridized carbons (Fsp3) is 0.273. The van der Waals surface area contributed by atoms with Crippen molar-refractivity contribution < 1.29 is 14.7 Å². The van der Waals surface area contributed by atoms with Gasteiger partial charge >= 0.3 is 5.97 Å². The number of carboxylic acids is 1. The highest BCUT2D eigenvalue weighted by Gasteiger charge is 2.18. The maximum Gasteiger partial charge on any atom is 0.327 e. The van der Waals surface area contributed by atoms with E-state index in [0.29, 0.717) is 10.0 Å². The number of thioether (sulfide) groups is 1. The number of hydrogen-bond donors (Lipinski definition) is 2. The van der Waals surface area contributed by atoms with Crippen LogP contribution in [-0.2, 0) is 9.59 Å². The minimum Gasteiger partial charge on any atom is -0.480 e. The molecule has 1 unspecified atom stereocenters. The highest BCUT2D eigenvalue weighted by Crippen LogP contribution is 2.28. The second kappa shape index (κ2) is 6.87. The first-order valence-corrected chi connectivity index (χ1v) is 6.72. The molecule has 1 amide bonds. The standard InChI is InChI=1S/C11H11Cl2NO3S/c1-6(15)14-10(11(16)17)5-18-7-2-3-8(12)9(13)4-7/h2-4,10H,5H2,1H3,(H,14,15)(H,16,17). The lowest BCUT2D eigenvalue weighted by Gasteiger charge is -2.12. The van der Waals surface area contributed by atoms with Crippen molar-refractivity contribution in [3.8, 4) is 0 Å². The van der Waals surface area contributed by atoms with Crippen LogP contribution in [0.3, 0.4) is 0 Å².